The highest BCUT2D eigenvalue weighted by atomic mass is 32.1. The Morgan fingerprint density at radius 1 is 1.14 bits per heavy atom. The van der Waals surface area contributed by atoms with Crippen molar-refractivity contribution in [2.75, 3.05) is 11.9 Å². The number of aryl methyl sites for hydroxylation is 2. The van der Waals surface area contributed by atoms with Gasteiger partial charge in [-0.25, -0.2) is 4.79 Å². The molecular formula is C28H38N4O4S. The maximum atomic E-state index is 12.1. The molecule has 0 unspecified atom stereocenters. The lowest BCUT2D eigenvalue weighted by atomic mass is 9.97. The van der Waals surface area contributed by atoms with E-state index in [1.165, 1.54) is 11.3 Å². The average molecular weight is 527 g/mol. The summed E-state index contributed by atoms with van der Waals surface area (Å²) >= 11 is 1.25. The predicted octanol–water partition coefficient (Wildman–Crippen LogP) is 5.38. The number of benzene rings is 1. The summed E-state index contributed by atoms with van der Waals surface area (Å²) in [5.74, 6) is -1.08. The molecule has 0 radical (unpaired) electrons. The molecule has 0 spiro atoms. The van der Waals surface area contributed by atoms with E-state index in [2.05, 4.69) is 36.2 Å². The minimum absolute atomic E-state index is 0.222. The van der Waals surface area contributed by atoms with Gasteiger partial charge < -0.3 is 16.6 Å². The van der Waals surface area contributed by atoms with Crippen molar-refractivity contribution in [2.45, 2.75) is 71.9 Å². The number of amides is 3. The van der Waals surface area contributed by atoms with Gasteiger partial charge in [-0.2, -0.15) is 0 Å². The molecule has 3 rings (SSSR count). The molecule has 8 nitrogen and oxygen atoms in total. The third-order valence-electron chi connectivity index (χ3n) is 6.89. The van der Waals surface area contributed by atoms with Gasteiger partial charge in [0.1, 0.15) is 11.0 Å². The number of nitrogens with two attached hydrogens (primary N) is 2. The molecule has 0 saturated heterocycles. The van der Waals surface area contributed by atoms with Crippen LogP contribution in [0.3, 0.4) is 0 Å². The molecule has 2 aromatic rings. The number of hydrogen-bond donors (Lipinski definition) is 4. The highest BCUT2D eigenvalue weighted by Crippen LogP contribution is 2.37. The van der Waals surface area contributed by atoms with Gasteiger partial charge in [0.05, 0.1) is 5.56 Å². The van der Waals surface area contributed by atoms with Crippen LogP contribution in [-0.4, -0.2) is 46.5 Å². The number of rotatable bonds is 11. The summed E-state index contributed by atoms with van der Waals surface area (Å²) in [6, 6.07) is 4.79. The third-order valence-corrected chi connectivity index (χ3v) is 7.99. The summed E-state index contributed by atoms with van der Waals surface area (Å²) in [4.78, 5) is 38.3. The van der Waals surface area contributed by atoms with Crippen LogP contribution >= 0.6 is 11.3 Å². The summed E-state index contributed by atoms with van der Waals surface area (Å²) in [5, 5.41) is 12.8. The number of anilines is 1. The number of thiophene rings is 1. The summed E-state index contributed by atoms with van der Waals surface area (Å²) in [6.45, 7) is 8.77. The normalized spacial score (nSPS) is 15.1. The summed E-state index contributed by atoms with van der Waals surface area (Å²) < 4.78 is 0. The standard InChI is InChI=1S/C28H38N4O4S/c1-16(2)12-23(27(34)35)32(20-8-5-6-9-20)11-7-10-21-17(3)13-19(14-18(21)4)24-15-22(25(29)33)26(37-24)31-28(30)36/h7,10,13-16,20,23H,5-6,8-9,11-12H2,1-4H3,(H2,29,33)(H,34,35)(H3,30,31,36)/t23-/m0/s1. The van der Waals surface area contributed by atoms with E-state index in [9.17, 15) is 19.5 Å². The van der Waals surface area contributed by atoms with Crippen LogP contribution in [0.2, 0.25) is 0 Å². The minimum Gasteiger partial charge on any atom is -0.480 e. The SMILES string of the molecule is Cc1cc(-c2cc(C(N)=O)c(NC(N)=O)s2)cc(C)c1C=CCN(C1CCCC1)[C@@H](CC(C)C)C(=O)O. The van der Waals surface area contributed by atoms with Crippen molar-refractivity contribution in [2.24, 2.45) is 17.4 Å². The van der Waals surface area contributed by atoms with Crippen LogP contribution in [0.5, 0.6) is 0 Å². The zero-order valence-corrected chi connectivity index (χ0v) is 22.9. The molecule has 6 N–H and O–H groups in total. The van der Waals surface area contributed by atoms with E-state index in [4.69, 9.17) is 11.5 Å². The fourth-order valence-electron chi connectivity index (χ4n) is 5.18. The molecule has 0 bridgehead atoms. The van der Waals surface area contributed by atoms with E-state index in [-0.39, 0.29) is 5.56 Å². The van der Waals surface area contributed by atoms with Gasteiger partial charge in [-0.05, 0) is 67.3 Å². The van der Waals surface area contributed by atoms with Crippen LogP contribution in [-0.2, 0) is 4.79 Å². The molecule has 1 saturated carbocycles. The zero-order valence-electron chi connectivity index (χ0n) is 22.0. The van der Waals surface area contributed by atoms with Crippen molar-refractivity contribution in [1.29, 1.82) is 0 Å². The number of nitrogens with one attached hydrogen (secondary N) is 1. The summed E-state index contributed by atoms with van der Waals surface area (Å²) in [6.07, 6.45) is 9.17. The van der Waals surface area contributed by atoms with Crippen LogP contribution in [0.1, 0.15) is 73.0 Å². The van der Waals surface area contributed by atoms with Crippen molar-refractivity contribution in [1.82, 2.24) is 4.90 Å². The molecule has 1 aromatic carbocycles. The Balaban J connectivity index is 1.86. The van der Waals surface area contributed by atoms with Crippen LogP contribution < -0.4 is 16.8 Å². The second-order valence-corrected chi connectivity index (χ2v) is 11.3. The second-order valence-electron chi connectivity index (χ2n) is 10.3. The first-order valence-electron chi connectivity index (χ1n) is 12.7. The van der Waals surface area contributed by atoms with Gasteiger partial charge in [0.2, 0.25) is 0 Å². The van der Waals surface area contributed by atoms with Gasteiger partial charge in [0.15, 0.2) is 0 Å². The maximum Gasteiger partial charge on any atom is 0.320 e. The molecule has 0 aliphatic heterocycles. The molecule has 200 valence electrons. The second kappa shape index (κ2) is 12.4. The van der Waals surface area contributed by atoms with E-state index in [1.54, 1.807) is 6.07 Å². The number of nitrogens with zero attached hydrogens (tertiary/aromatic N) is 1. The Labute approximate surface area is 222 Å². The maximum absolute atomic E-state index is 12.1. The first-order valence-corrected chi connectivity index (χ1v) is 13.6. The Hall–Kier alpha value is -3.17. The number of carboxylic acids is 1. The van der Waals surface area contributed by atoms with Gasteiger partial charge in [0.25, 0.3) is 5.91 Å². The highest BCUT2D eigenvalue weighted by Gasteiger charge is 2.32. The fraction of sp³-hybridized carbons (Fsp3) is 0.464. The Morgan fingerprint density at radius 3 is 2.27 bits per heavy atom. The molecule has 1 aromatic heterocycles. The number of hydrogen-bond acceptors (Lipinski definition) is 5. The number of carbonyl (C=O) groups excluding carboxylic acids is 2. The van der Waals surface area contributed by atoms with Gasteiger partial charge in [-0.3, -0.25) is 19.8 Å². The van der Waals surface area contributed by atoms with Crippen molar-refractivity contribution < 1.29 is 19.5 Å². The van der Waals surface area contributed by atoms with E-state index >= 15 is 0 Å². The van der Waals surface area contributed by atoms with Crippen molar-refractivity contribution in [3.8, 4) is 10.4 Å². The van der Waals surface area contributed by atoms with E-state index in [0.29, 0.717) is 29.9 Å². The van der Waals surface area contributed by atoms with Gasteiger partial charge in [-0.1, -0.05) is 51.0 Å². The Morgan fingerprint density at radius 2 is 1.76 bits per heavy atom. The molecule has 37 heavy (non-hydrogen) atoms. The zero-order chi connectivity index (χ0) is 27.3. The molecule has 1 fully saturated rings. The summed E-state index contributed by atoms with van der Waals surface area (Å²) in [7, 11) is 0. The first-order chi connectivity index (χ1) is 17.5. The van der Waals surface area contributed by atoms with Crippen molar-refractivity contribution in [3.05, 3.63) is 46.5 Å². The van der Waals surface area contributed by atoms with Crippen LogP contribution in [0, 0.1) is 19.8 Å². The number of urea groups is 1. The quantitative estimate of drug-likeness (QED) is 0.311. The van der Waals surface area contributed by atoms with E-state index in [1.807, 2.05) is 26.0 Å². The Bertz CT molecular complexity index is 1160. The lowest BCUT2D eigenvalue weighted by molar-refractivity contribution is -0.144. The topological polar surface area (TPSA) is 139 Å². The largest absolute Gasteiger partial charge is 0.480 e. The van der Waals surface area contributed by atoms with Gasteiger partial charge in [-0.15, -0.1) is 11.3 Å². The molecule has 9 heteroatoms. The molecule has 1 aliphatic rings. The van der Waals surface area contributed by atoms with Crippen LogP contribution in [0.25, 0.3) is 16.5 Å². The van der Waals surface area contributed by atoms with Crippen molar-refractivity contribution >= 4 is 40.3 Å². The minimum atomic E-state index is -0.756. The Kier molecular flexibility index (Phi) is 9.50. The monoisotopic (exact) mass is 526 g/mol. The molecule has 3 amide bonds. The van der Waals surface area contributed by atoms with Crippen LogP contribution in [0.4, 0.5) is 9.80 Å². The lowest BCUT2D eigenvalue weighted by Gasteiger charge is -2.34. The van der Waals surface area contributed by atoms with Crippen LogP contribution in [0.15, 0.2) is 24.3 Å². The third kappa shape index (κ3) is 7.20. The summed E-state index contributed by atoms with van der Waals surface area (Å²) in [5.41, 5.74) is 15.0. The molecular weight excluding hydrogens is 488 g/mol. The van der Waals surface area contributed by atoms with E-state index in [0.717, 1.165) is 52.8 Å². The van der Waals surface area contributed by atoms with E-state index < -0.39 is 23.9 Å². The first kappa shape index (κ1) is 28.4. The van der Waals surface area contributed by atoms with Gasteiger partial charge in [0, 0.05) is 17.5 Å². The fourth-order valence-corrected chi connectivity index (χ4v) is 6.24. The number of aliphatic carboxylic acids is 1. The molecule has 1 atom stereocenters. The smallest absolute Gasteiger partial charge is 0.320 e. The predicted molar refractivity (Wildman–Crippen MR) is 150 cm³/mol. The van der Waals surface area contributed by atoms with Gasteiger partial charge >= 0.3 is 12.0 Å². The number of carboxylic acid groups (broad SMARTS) is 1. The number of primary amides is 2. The molecule has 1 aliphatic carbocycles. The van der Waals surface area contributed by atoms with Crippen molar-refractivity contribution in [3.63, 3.8) is 0 Å². The molecule has 1 heterocycles. The average Bonchev–Trinajstić information content (AvgIpc) is 3.46. The highest BCUT2D eigenvalue weighted by molar-refractivity contribution is 7.20. The lowest BCUT2D eigenvalue weighted by Crippen LogP contribution is -2.47. The number of carbonyl (C=O) groups is 3.